The van der Waals surface area contributed by atoms with Crippen molar-refractivity contribution in [3.8, 4) is 0 Å². The third-order valence-electron chi connectivity index (χ3n) is 4.53. The molecule has 2 nitrogen and oxygen atoms in total. The number of likely N-dealkylation sites (tertiary alicyclic amines) is 1. The van der Waals surface area contributed by atoms with Crippen LogP contribution in [0, 0.1) is 5.41 Å². The quantitative estimate of drug-likeness (QED) is 0.769. The number of hydrogen-bond donors (Lipinski definition) is 1. The summed E-state index contributed by atoms with van der Waals surface area (Å²) in [7, 11) is 0. The lowest BCUT2D eigenvalue weighted by atomic mass is 9.72. The van der Waals surface area contributed by atoms with Gasteiger partial charge in [0.05, 0.1) is 0 Å². The highest BCUT2D eigenvalue weighted by Gasteiger charge is 2.51. The van der Waals surface area contributed by atoms with Gasteiger partial charge in [0.15, 0.2) is 0 Å². The largest absolute Gasteiger partial charge is 0.313 e. The van der Waals surface area contributed by atoms with Crippen LogP contribution in [0.5, 0.6) is 0 Å². The summed E-state index contributed by atoms with van der Waals surface area (Å²) in [5.41, 5.74) is 1.19. The van der Waals surface area contributed by atoms with E-state index in [1.807, 2.05) is 0 Å². The fraction of sp³-hybridized carbons (Fsp3) is 1.00. The third kappa shape index (κ3) is 2.75. The van der Waals surface area contributed by atoms with Gasteiger partial charge in [-0.05, 0) is 51.9 Å². The maximum absolute atomic E-state index is 3.52. The summed E-state index contributed by atoms with van der Waals surface area (Å²) in [5, 5.41) is 3.52. The molecule has 2 saturated heterocycles. The standard InChI is InChI=1S/C16H32N2/c1-14(2,3)10-13-8-7-9-16(11-17-12-16)18(13)15(4,5)6/h13,17H,7-12H2,1-6H3. The molecule has 0 aromatic rings. The zero-order chi connectivity index (χ0) is 13.6. The Morgan fingerprint density at radius 2 is 1.72 bits per heavy atom. The second-order valence-corrected chi connectivity index (χ2v) is 8.68. The average molecular weight is 252 g/mol. The van der Waals surface area contributed by atoms with Crippen molar-refractivity contribution in [3.05, 3.63) is 0 Å². The number of nitrogens with zero attached hydrogens (tertiary/aromatic N) is 1. The lowest BCUT2D eigenvalue weighted by Crippen LogP contribution is -2.76. The van der Waals surface area contributed by atoms with Crippen molar-refractivity contribution in [1.29, 1.82) is 0 Å². The molecule has 0 amide bonds. The van der Waals surface area contributed by atoms with Crippen LogP contribution in [0.4, 0.5) is 0 Å². The zero-order valence-electron chi connectivity index (χ0n) is 13.3. The molecule has 2 aliphatic rings. The summed E-state index contributed by atoms with van der Waals surface area (Å²) < 4.78 is 0. The van der Waals surface area contributed by atoms with Crippen LogP contribution >= 0.6 is 0 Å². The molecule has 2 aliphatic heterocycles. The Bertz CT molecular complexity index is 291. The summed E-state index contributed by atoms with van der Waals surface area (Å²) in [5.74, 6) is 0. The van der Waals surface area contributed by atoms with Crippen molar-refractivity contribution in [2.45, 2.75) is 84.3 Å². The molecule has 2 fully saturated rings. The van der Waals surface area contributed by atoms with Gasteiger partial charge in [0.1, 0.15) is 0 Å². The molecule has 0 saturated carbocycles. The Kier molecular flexibility index (Phi) is 3.57. The number of rotatable bonds is 1. The molecular weight excluding hydrogens is 220 g/mol. The summed E-state index contributed by atoms with van der Waals surface area (Å²) in [6, 6.07) is 0.765. The highest BCUT2D eigenvalue weighted by molar-refractivity contribution is 5.10. The van der Waals surface area contributed by atoms with Gasteiger partial charge in [-0.15, -0.1) is 0 Å². The van der Waals surface area contributed by atoms with E-state index in [1.165, 1.54) is 38.8 Å². The first-order valence-electron chi connectivity index (χ1n) is 7.64. The Labute approximate surface area is 114 Å². The molecule has 18 heavy (non-hydrogen) atoms. The second kappa shape index (κ2) is 4.49. The molecule has 0 bridgehead atoms. The van der Waals surface area contributed by atoms with Gasteiger partial charge < -0.3 is 5.32 Å². The Morgan fingerprint density at radius 1 is 1.11 bits per heavy atom. The third-order valence-corrected chi connectivity index (χ3v) is 4.53. The average Bonchev–Trinajstić information content (AvgIpc) is 2.10. The maximum atomic E-state index is 3.52. The van der Waals surface area contributed by atoms with E-state index in [2.05, 4.69) is 51.8 Å². The van der Waals surface area contributed by atoms with Crippen LogP contribution in [0.15, 0.2) is 0 Å². The predicted molar refractivity (Wildman–Crippen MR) is 78.9 cm³/mol. The van der Waals surface area contributed by atoms with Crippen molar-refractivity contribution in [2.24, 2.45) is 5.41 Å². The minimum Gasteiger partial charge on any atom is -0.313 e. The van der Waals surface area contributed by atoms with Gasteiger partial charge in [-0.2, -0.15) is 0 Å². The Hall–Kier alpha value is -0.0800. The summed E-state index contributed by atoms with van der Waals surface area (Å²) in [6.45, 7) is 16.7. The second-order valence-electron chi connectivity index (χ2n) is 8.68. The molecule has 1 N–H and O–H groups in total. The van der Waals surface area contributed by atoms with E-state index in [9.17, 15) is 0 Å². The minimum absolute atomic E-state index is 0.290. The van der Waals surface area contributed by atoms with E-state index in [4.69, 9.17) is 0 Å². The van der Waals surface area contributed by atoms with Crippen molar-refractivity contribution < 1.29 is 0 Å². The fourth-order valence-electron chi connectivity index (χ4n) is 4.22. The SMILES string of the molecule is CC(C)(C)CC1CCCC2(CNC2)N1C(C)(C)C. The van der Waals surface area contributed by atoms with Crippen molar-refractivity contribution in [2.75, 3.05) is 13.1 Å². The number of piperidine rings is 1. The normalized spacial score (nSPS) is 29.3. The van der Waals surface area contributed by atoms with E-state index in [1.54, 1.807) is 0 Å². The molecular formula is C16H32N2. The molecule has 0 aromatic heterocycles. The molecule has 0 aliphatic carbocycles. The first-order valence-corrected chi connectivity index (χ1v) is 7.64. The van der Waals surface area contributed by atoms with E-state index in [0.717, 1.165) is 6.04 Å². The van der Waals surface area contributed by atoms with Gasteiger partial charge in [0.2, 0.25) is 0 Å². The molecule has 1 unspecified atom stereocenters. The van der Waals surface area contributed by atoms with E-state index >= 15 is 0 Å². The first kappa shape index (κ1) is 14.3. The molecule has 2 heterocycles. The summed E-state index contributed by atoms with van der Waals surface area (Å²) >= 11 is 0. The predicted octanol–water partition coefficient (Wildman–Crippen LogP) is 3.42. The topological polar surface area (TPSA) is 15.3 Å². The van der Waals surface area contributed by atoms with Gasteiger partial charge >= 0.3 is 0 Å². The monoisotopic (exact) mass is 252 g/mol. The lowest BCUT2D eigenvalue weighted by Gasteiger charge is -2.62. The lowest BCUT2D eigenvalue weighted by molar-refractivity contribution is -0.101. The van der Waals surface area contributed by atoms with E-state index in [-0.39, 0.29) is 0 Å². The van der Waals surface area contributed by atoms with Crippen LogP contribution in [-0.4, -0.2) is 35.1 Å². The summed E-state index contributed by atoms with van der Waals surface area (Å²) in [4.78, 5) is 2.87. The fourth-order valence-corrected chi connectivity index (χ4v) is 4.22. The Balaban J connectivity index is 2.22. The number of hydrogen-bond acceptors (Lipinski definition) is 2. The molecule has 106 valence electrons. The highest BCUT2D eigenvalue weighted by Crippen LogP contribution is 2.43. The molecule has 2 heteroatoms. The van der Waals surface area contributed by atoms with E-state index < -0.39 is 0 Å². The van der Waals surface area contributed by atoms with Gasteiger partial charge in [0, 0.05) is 30.2 Å². The maximum Gasteiger partial charge on any atom is 0.0466 e. The summed E-state index contributed by atoms with van der Waals surface area (Å²) in [6.07, 6.45) is 5.51. The molecule has 0 radical (unpaired) electrons. The van der Waals surface area contributed by atoms with Crippen molar-refractivity contribution in [1.82, 2.24) is 10.2 Å². The van der Waals surface area contributed by atoms with Crippen LogP contribution in [0.25, 0.3) is 0 Å². The van der Waals surface area contributed by atoms with E-state index in [0.29, 0.717) is 16.5 Å². The van der Waals surface area contributed by atoms with Crippen LogP contribution in [0.3, 0.4) is 0 Å². The van der Waals surface area contributed by atoms with Crippen LogP contribution in [-0.2, 0) is 0 Å². The first-order chi connectivity index (χ1) is 8.14. The zero-order valence-corrected chi connectivity index (χ0v) is 13.3. The van der Waals surface area contributed by atoms with Gasteiger partial charge in [-0.3, -0.25) is 4.90 Å². The smallest absolute Gasteiger partial charge is 0.0466 e. The van der Waals surface area contributed by atoms with Crippen LogP contribution in [0.2, 0.25) is 0 Å². The van der Waals surface area contributed by atoms with Crippen molar-refractivity contribution >= 4 is 0 Å². The molecule has 1 spiro atoms. The molecule has 1 atom stereocenters. The van der Waals surface area contributed by atoms with Gasteiger partial charge in [-0.1, -0.05) is 20.8 Å². The van der Waals surface area contributed by atoms with Gasteiger partial charge in [-0.25, -0.2) is 0 Å². The van der Waals surface area contributed by atoms with Crippen LogP contribution < -0.4 is 5.32 Å². The number of nitrogens with one attached hydrogen (secondary N) is 1. The molecule has 2 rings (SSSR count). The van der Waals surface area contributed by atoms with Crippen LogP contribution in [0.1, 0.15) is 67.2 Å². The Morgan fingerprint density at radius 3 is 2.11 bits per heavy atom. The van der Waals surface area contributed by atoms with Gasteiger partial charge in [0.25, 0.3) is 0 Å². The van der Waals surface area contributed by atoms with Crippen molar-refractivity contribution in [3.63, 3.8) is 0 Å². The highest BCUT2D eigenvalue weighted by atomic mass is 15.3. The molecule has 0 aromatic carbocycles. The minimum atomic E-state index is 0.290.